The highest BCUT2D eigenvalue weighted by Crippen LogP contribution is 2.41. The zero-order chi connectivity index (χ0) is 15.4. The third kappa shape index (κ3) is 2.71. The van der Waals surface area contributed by atoms with Crippen LogP contribution in [0.4, 0.5) is 10.5 Å². The molecule has 0 radical (unpaired) electrons. The number of hydrogen-bond donors (Lipinski definition) is 1. The Bertz CT molecular complexity index is 620. The average molecular weight is 294 g/mol. The fourth-order valence-corrected chi connectivity index (χ4v) is 3.10. The van der Waals surface area contributed by atoms with Crippen molar-refractivity contribution in [1.82, 2.24) is 5.32 Å². The van der Waals surface area contributed by atoms with Crippen LogP contribution < -0.4 is 10.2 Å². The second-order valence-electron chi connectivity index (χ2n) is 5.81. The fourth-order valence-electron chi connectivity index (χ4n) is 3.10. The van der Waals surface area contributed by atoms with E-state index in [-0.39, 0.29) is 11.6 Å². The molecule has 114 valence electrons. The first kappa shape index (κ1) is 14.6. The Hall–Kier alpha value is -2.29. The van der Waals surface area contributed by atoms with Crippen LogP contribution in [0.15, 0.2) is 60.7 Å². The quantitative estimate of drug-likeness (QED) is 0.895. The molecule has 1 N–H and O–H groups in total. The molecule has 1 aliphatic rings. The second kappa shape index (κ2) is 6.22. The molecule has 1 saturated carbocycles. The van der Waals surface area contributed by atoms with E-state index in [0.717, 1.165) is 24.9 Å². The molecule has 1 fully saturated rings. The van der Waals surface area contributed by atoms with Crippen LogP contribution in [0.25, 0.3) is 0 Å². The van der Waals surface area contributed by atoms with Gasteiger partial charge in [-0.05, 0) is 43.9 Å². The van der Waals surface area contributed by atoms with Gasteiger partial charge in [0.05, 0.1) is 5.54 Å². The van der Waals surface area contributed by atoms with Gasteiger partial charge in [0, 0.05) is 12.2 Å². The van der Waals surface area contributed by atoms with Gasteiger partial charge in [0.25, 0.3) is 0 Å². The molecule has 0 atom stereocenters. The summed E-state index contributed by atoms with van der Waals surface area (Å²) >= 11 is 0. The van der Waals surface area contributed by atoms with E-state index in [9.17, 15) is 4.79 Å². The lowest BCUT2D eigenvalue weighted by Gasteiger charge is -2.44. The molecule has 3 rings (SSSR count). The van der Waals surface area contributed by atoms with Crippen LogP contribution in [0.1, 0.15) is 31.7 Å². The van der Waals surface area contributed by atoms with Crippen molar-refractivity contribution in [2.45, 2.75) is 31.7 Å². The predicted molar refractivity (Wildman–Crippen MR) is 90.0 cm³/mol. The Labute approximate surface area is 132 Å². The van der Waals surface area contributed by atoms with E-state index in [1.165, 1.54) is 5.56 Å². The summed E-state index contributed by atoms with van der Waals surface area (Å²) in [5.74, 6) is 0. The largest absolute Gasteiger partial charge is 0.328 e. The first-order valence-corrected chi connectivity index (χ1v) is 7.95. The Kier molecular flexibility index (Phi) is 4.14. The van der Waals surface area contributed by atoms with E-state index in [1.807, 2.05) is 55.5 Å². The third-order valence-corrected chi connectivity index (χ3v) is 4.51. The van der Waals surface area contributed by atoms with Gasteiger partial charge in [-0.2, -0.15) is 0 Å². The number of amides is 2. The summed E-state index contributed by atoms with van der Waals surface area (Å²) in [5, 5.41) is 3.28. The molecule has 1 aliphatic carbocycles. The number of urea groups is 1. The van der Waals surface area contributed by atoms with Crippen molar-refractivity contribution in [1.29, 1.82) is 0 Å². The third-order valence-electron chi connectivity index (χ3n) is 4.51. The van der Waals surface area contributed by atoms with Gasteiger partial charge in [0.1, 0.15) is 0 Å². The van der Waals surface area contributed by atoms with Crippen molar-refractivity contribution in [2.24, 2.45) is 0 Å². The molecule has 2 amide bonds. The molecular formula is C19H22N2O. The van der Waals surface area contributed by atoms with Gasteiger partial charge < -0.3 is 5.32 Å². The maximum absolute atomic E-state index is 12.8. The monoisotopic (exact) mass is 294 g/mol. The SMILES string of the molecule is CCN(C(=O)NC1(c2ccccc2)CCC1)c1ccccc1. The van der Waals surface area contributed by atoms with Crippen molar-refractivity contribution in [3.8, 4) is 0 Å². The smallest absolute Gasteiger partial charge is 0.322 e. The van der Waals surface area contributed by atoms with Crippen molar-refractivity contribution in [3.05, 3.63) is 66.2 Å². The lowest BCUT2D eigenvalue weighted by Crippen LogP contribution is -2.55. The van der Waals surface area contributed by atoms with E-state index in [1.54, 1.807) is 4.90 Å². The molecule has 0 heterocycles. The van der Waals surface area contributed by atoms with Crippen LogP contribution in [-0.4, -0.2) is 12.6 Å². The predicted octanol–water partition coefficient (Wildman–Crippen LogP) is 4.30. The van der Waals surface area contributed by atoms with Crippen LogP contribution in [0.5, 0.6) is 0 Å². The number of carbonyl (C=O) groups excluding carboxylic acids is 1. The molecule has 0 unspecified atom stereocenters. The van der Waals surface area contributed by atoms with Crippen LogP contribution in [0.2, 0.25) is 0 Å². The van der Waals surface area contributed by atoms with E-state index in [2.05, 4.69) is 17.4 Å². The molecule has 3 nitrogen and oxygen atoms in total. The van der Waals surface area contributed by atoms with Gasteiger partial charge in [-0.1, -0.05) is 48.5 Å². The van der Waals surface area contributed by atoms with E-state index in [0.29, 0.717) is 6.54 Å². The number of para-hydroxylation sites is 1. The molecule has 2 aromatic carbocycles. The highest BCUT2D eigenvalue weighted by atomic mass is 16.2. The minimum absolute atomic E-state index is 0.0164. The fraction of sp³-hybridized carbons (Fsp3) is 0.316. The maximum Gasteiger partial charge on any atom is 0.322 e. The summed E-state index contributed by atoms with van der Waals surface area (Å²) in [4.78, 5) is 14.6. The van der Waals surface area contributed by atoms with E-state index >= 15 is 0 Å². The first-order chi connectivity index (χ1) is 10.7. The van der Waals surface area contributed by atoms with Crippen molar-refractivity contribution in [3.63, 3.8) is 0 Å². The van der Waals surface area contributed by atoms with Gasteiger partial charge >= 0.3 is 6.03 Å². The van der Waals surface area contributed by atoms with Crippen molar-refractivity contribution >= 4 is 11.7 Å². The summed E-state index contributed by atoms with van der Waals surface area (Å²) < 4.78 is 0. The van der Waals surface area contributed by atoms with Crippen LogP contribution in [0.3, 0.4) is 0 Å². The lowest BCUT2D eigenvalue weighted by molar-refractivity contribution is 0.181. The van der Waals surface area contributed by atoms with Crippen molar-refractivity contribution in [2.75, 3.05) is 11.4 Å². The number of nitrogens with one attached hydrogen (secondary N) is 1. The number of nitrogens with zero attached hydrogens (tertiary/aromatic N) is 1. The van der Waals surface area contributed by atoms with Gasteiger partial charge in [-0.3, -0.25) is 4.90 Å². The summed E-state index contributed by atoms with van der Waals surface area (Å²) in [7, 11) is 0. The average Bonchev–Trinajstić information content (AvgIpc) is 2.53. The zero-order valence-electron chi connectivity index (χ0n) is 13.0. The molecule has 0 saturated heterocycles. The molecular weight excluding hydrogens is 272 g/mol. The summed E-state index contributed by atoms with van der Waals surface area (Å²) in [6, 6.07) is 20.1. The maximum atomic E-state index is 12.8. The first-order valence-electron chi connectivity index (χ1n) is 7.95. The number of carbonyl (C=O) groups is 1. The van der Waals surface area contributed by atoms with Crippen LogP contribution in [0, 0.1) is 0 Å². The Morgan fingerprint density at radius 2 is 1.64 bits per heavy atom. The molecule has 3 heteroatoms. The summed E-state index contributed by atoms with van der Waals surface area (Å²) in [6.45, 7) is 2.66. The summed E-state index contributed by atoms with van der Waals surface area (Å²) in [5.41, 5.74) is 1.95. The molecule has 2 aromatic rings. The van der Waals surface area contributed by atoms with E-state index < -0.39 is 0 Å². The molecule has 0 bridgehead atoms. The molecule has 0 aliphatic heterocycles. The molecule has 22 heavy (non-hydrogen) atoms. The zero-order valence-corrected chi connectivity index (χ0v) is 13.0. The van der Waals surface area contributed by atoms with Crippen LogP contribution in [-0.2, 0) is 5.54 Å². The minimum atomic E-state index is -0.194. The van der Waals surface area contributed by atoms with Gasteiger partial charge in [-0.25, -0.2) is 4.79 Å². The lowest BCUT2D eigenvalue weighted by atomic mass is 9.72. The van der Waals surface area contributed by atoms with Gasteiger partial charge in [0.15, 0.2) is 0 Å². The highest BCUT2D eigenvalue weighted by molar-refractivity contribution is 5.92. The second-order valence-corrected chi connectivity index (χ2v) is 5.81. The normalized spacial score (nSPS) is 15.7. The Balaban J connectivity index is 1.80. The van der Waals surface area contributed by atoms with Gasteiger partial charge in [-0.15, -0.1) is 0 Å². The number of hydrogen-bond acceptors (Lipinski definition) is 1. The molecule has 0 spiro atoms. The molecule has 0 aromatic heterocycles. The summed E-state index contributed by atoms with van der Waals surface area (Å²) in [6.07, 6.45) is 3.18. The van der Waals surface area contributed by atoms with Crippen molar-refractivity contribution < 1.29 is 4.79 Å². The topological polar surface area (TPSA) is 32.3 Å². The standard InChI is InChI=1S/C19H22N2O/c1-2-21(17-12-7-4-8-13-17)18(22)20-19(14-9-15-19)16-10-5-3-6-11-16/h3-8,10-13H,2,9,14-15H2,1H3,(H,20,22). The number of rotatable bonds is 4. The number of benzene rings is 2. The van der Waals surface area contributed by atoms with Crippen LogP contribution >= 0.6 is 0 Å². The Morgan fingerprint density at radius 3 is 2.14 bits per heavy atom. The Morgan fingerprint density at radius 1 is 1.05 bits per heavy atom. The highest BCUT2D eigenvalue weighted by Gasteiger charge is 2.40. The van der Waals surface area contributed by atoms with E-state index in [4.69, 9.17) is 0 Å². The minimum Gasteiger partial charge on any atom is -0.328 e. The number of anilines is 1. The van der Waals surface area contributed by atoms with Gasteiger partial charge in [0.2, 0.25) is 0 Å².